The summed E-state index contributed by atoms with van der Waals surface area (Å²) in [6.07, 6.45) is 0.984. The molecule has 0 saturated heterocycles. The summed E-state index contributed by atoms with van der Waals surface area (Å²) in [5, 5.41) is 8.10. The van der Waals surface area contributed by atoms with E-state index in [0.717, 1.165) is 18.7 Å². The van der Waals surface area contributed by atoms with Crippen LogP contribution >= 0.6 is 0 Å². The topological polar surface area (TPSA) is 57.0 Å². The Labute approximate surface area is 115 Å². The Morgan fingerprint density at radius 1 is 1.37 bits per heavy atom. The lowest BCUT2D eigenvalue weighted by atomic mass is 9.92. The van der Waals surface area contributed by atoms with E-state index in [2.05, 4.69) is 31.1 Å². The molecule has 0 aromatic carbocycles. The summed E-state index contributed by atoms with van der Waals surface area (Å²) in [6.45, 7) is 13.5. The van der Waals surface area contributed by atoms with E-state index in [0.29, 0.717) is 12.3 Å². The zero-order valence-electron chi connectivity index (χ0n) is 12.9. The third kappa shape index (κ3) is 4.33. The van der Waals surface area contributed by atoms with Gasteiger partial charge >= 0.3 is 5.97 Å². The number of rotatable bonds is 5. The van der Waals surface area contributed by atoms with Gasteiger partial charge in [-0.15, -0.1) is 5.10 Å². The standard InChI is InChI=1S/C14H25N3O2/c1-7-19-13(18)11-12(10(2)3)17(16-15-11)9-8-14(4,5)6/h10H,7-9H2,1-6H3. The highest BCUT2D eigenvalue weighted by Gasteiger charge is 2.23. The first-order valence-electron chi connectivity index (χ1n) is 6.86. The van der Waals surface area contributed by atoms with Crippen molar-refractivity contribution in [1.82, 2.24) is 15.0 Å². The summed E-state index contributed by atoms with van der Waals surface area (Å²) in [5.41, 5.74) is 1.44. The molecule has 0 atom stereocenters. The molecular formula is C14H25N3O2. The lowest BCUT2D eigenvalue weighted by molar-refractivity contribution is 0.0517. The maximum absolute atomic E-state index is 11.8. The van der Waals surface area contributed by atoms with Crippen LogP contribution in [0.2, 0.25) is 0 Å². The monoisotopic (exact) mass is 267 g/mol. The van der Waals surface area contributed by atoms with Crippen molar-refractivity contribution in [3.8, 4) is 0 Å². The van der Waals surface area contributed by atoms with Gasteiger partial charge < -0.3 is 4.74 Å². The molecule has 0 aliphatic heterocycles. The predicted molar refractivity (Wildman–Crippen MR) is 74.1 cm³/mol. The van der Waals surface area contributed by atoms with Gasteiger partial charge in [0.25, 0.3) is 0 Å². The quantitative estimate of drug-likeness (QED) is 0.769. The summed E-state index contributed by atoms with van der Waals surface area (Å²) >= 11 is 0. The van der Waals surface area contributed by atoms with Crippen LogP contribution in [0.25, 0.3) is 0 Å². The molecule has 0 aliphatic carbocycles. The minimum atomic E-state index is -0.381. The van der Waals surface area contributed by atoms with Crippen LogP contribution in [0.1, 0.15) is 70.1 Å². The van der Waals surface area contributed by atoms with Gasteiger partial charge in [-0.3, -0.25) is 0 Å². The lowest BCUT2D eigenvalue weighted by Crippen LogP contribution is -2.15. The van der Waals surface area contributed by atoms with Crippen LogP contribution in [0.15, 0.2) is 0 Å². The van der Waals surface area contributed by atoms with Crippen LogP contribution in [0, 0.1) is 5.41 Å². The summed E-state index contributed by atoms with van der Waals surface area (Å²) < 4.78 is 6.86. The average molecular weight is 267 g/mol. The molecule has 1 heterocycles. The Bertz CT molecular complexity index is 430. The Morgan fingerprint density at radius 2 is 2.00 bits per heavy atom. The largest absolute Gasteiger partial charge is 0.461 e. The van der Waals surface area contributed by atoms with E-state index in [-0.39, 0.29) is 17.3 Å². The lowest BCUT2D eigenvalue weighted by Gasteiger charge is -2.19. The molecule has 0 saturated carbocycles. The molecule has 108 valence electrons. The van der Waals surface area contributed by atoms with Crippen LogP contribution in [0.4, 0.5) is 0 Å². The van der Waals surface area contributed by atoms with Gasteiger partial charge in [0.1, 0.15) is 0 Å². The number of aryl methyl sites for hydroxylation is 1. The number of hydrogen-bond donors (Lipinski definition) is 0. The van der Waals surface area contributed by atoms with Crippen LogP contribution < -0.4 is 0 Å². The molecule has 5 nitrogen and oxygen atoms in total. The summed E-state index contributed by atoms with van der Waals surface area (Å²) in [4.78, 5) is 11.8. The second-order valence-electron chi connectivity index (χ2n) is 6.23. The molecule has 0 aliphatic rings. The molecule has 0 unspecified atom stereocenters. The van der Waals surface area contributed by atoms with Gasteiger partial charge in [-0.05, 0) is 24.7 Å². The molecule has 1 aromatic heterocycles. The number of esters is 1. The van der Waals surface area contributed by atoms with Gasteiger partial charge in [-0.25, -0.2) is 9.48 Å². The Morgan fingerprint density at radius 3 is 2.47 bits per heavy atom. The maximum Gasteiger partial charge on any atom is 0.360 e. The normalized spacial score (nSPS) is 11.9. The van der Waals surface area contributed by atoms with Gasteiger partial charge in [0.05, 0.1) is 12.3 Å². The maximum atomic E-state index is 11.8. The van der Waals surface area contributed by atoms with Crippen molar-refractivity contribution in [1.29, 1.82) is 0 Å². The van der Waals surface area contributed by atoms with Crippen molar-refractivity contribution in [3.05, 3.63) is 11.4 Å². The Kier molecular flexibility index (Phi) is 5.09. The van der Waals surface area contributed by atoms with E-state index in [1.165, 1.54) is 0 Å². The first-order valence-corrected chi connectivity index (χ1v) is 6.86. The second-order valence-corrected chi connectivity index (χ2v) is 6.23. The van der Waals surface area contributed by atoms with Crippen LogP contribution in [0.3, 0.4) is 0 Å². The van der Waals surface area contributed by atoms with Gasteiger partial charge in [-0.1, -0.05) is 39.8 Å². The fourth-order valence-corrected chi connectivity index (χ4v) is 1.84. The molecule has 5 heteroatoms. The minimum Gasteiger partial charge on any atom is -0.461 e. The van der Waals surface area contributed by atoms with Gasteiger partial charge in [0.15, 0.2) is 5.69 Å². The van der Waals surface area contributed by atoms with E-state index >= 15 is 0 Å². The third-order valence-corrected chi connectivity index (χ3v) is 2.86. The summed E-state index contributed by atoms with van der Waals surface area (Å²) in [6, 6.07) is 0. The van der Waals surface area contributed by atoms with Crippen molar-refractivity contribution in [2.24, 2.45) is 5.41 Å². The van der Waals surface area contributed by atoms with Gasteiger partial charge in [-0.2, -0.15) is 0 Å². The smallest absolute Gasteiger partial charge is 0.360 e. The molecule has 0 amide bonds. The van der Waals surface area contributed by atoms with Crippen LogP contribution in [-0.2, 0) is 11.3 Å². The zero-order valence-corrected chi connectivity index (χ0v) is 12.9. The van der Waals surface area contributed by atoms with E-state index < -0.39 is 0 Å². The highest BCUT2D eigenvalue weighted by Crippen LogP contribution is 2.23. The number of aromatic nitrogens is 3. The number of nitrogens with zero attached hydrogens (tertiary/aromatic N) is 3. The molecular weight excluding hydrogens is 242 g/mol. The molecule has 0 radical (unpaired) electrons. The number of ether oxygens (including phenoxy) is 1. The highest BCUT2D eigenvalue weighted by atomic mass is 16.5. The van der Waals surface area contributed by atoms with E-state index in [4.69, 9.17) is 4.74 Å². The van der Waals surface area contributed by atoms with E-state index in [1.54, 1.807) is 6.92 Å². The van der Waals surface area contributed by atoms with Crippen LogP contribution in [-0.4, -0.2) is 27.6 Å². The first-order chi connectivity index (χ1) is 8.76. The SMILES string of the molecule is CCOC(=O)c1nnn(CCC(C)(C)C)c1C(C)C. The highest BCUT2D eigenvalue weighted by molar-refractivity contribution is 5.88. The molecule has 0 fully saturated rings. The predicted octanol–water partition coefficient (Wildman–Crippen LogP) is 3.01. The fraction of sp³-hybridized carbons (Fsp3) is 0.786. The molecule has 0 bridgehead atoms. The Balaban J connectivity index is 2.97. The van der Waals surface area contributed by atoms with Crippen molar-refractivity contribution in [2.45, 2.75) is 60.4 Å². The fourth-order valence-electron chi connectivity index (χ4n) is 1.84. The van der Waals surface area contributed by atoms with Crippen molar-refractivity contribution < 1.29 is 9.53 Å². The van der Waals surface area contributed by atoms with Gasteiger partial charge in [0, 0.05) is 6.54 Å². The second kappa shape index (κ2) is 6.17. The molecule has 1 rings (SSSR count). The van der Waals surface area contributed by atoms with Crippen LogP contribution in [0.5, 0.6) is 0 Å². The Hall–Kier alpha value is -1.39. The summed E-state index contributed by atoms with van der Waals surface area (Å²) in [7, 11) is 0. The number of carbonyl (C=O) groups excluding carboxylic acids is 1. The van der Waals surface area contributed by atoms with E-state index in [1.807, 2.05) is 18.5 Å². The molecule has 19 heavy (non-hydrogen) atoms. The number of hydrogen-bond acceptors (Lipinski definition) is 4. The van der Waals surface area contributed by atoms with Crippen molar-refractivity contribution in [3.63, 3.8) is 0 Å². The zero-order chi connectivity index (χ0) is 14.6. The minimum absolute atomic E-state index is 0.189. The van der Waals surface area contributed by atoms with Gasteiger partial charge in [0.2, 0.25) is 0 Å². The third-order valence-electron chi connectivity index (χ3n) is 2.86. The van der Waals surface area contributed by atoms with Crippen molar-refractivity contribution >= 4 is 5.97 Å². The molecule has 0 spiro atoms. The average Bonchev–Trinajstić information content (AvgIpc) is 2.69. The number of carbonyl (C=O) groups is 1. The first kappa shape index (κ1) is 15.7. The molecule has 1 aromatic rings. The summed E-state index contributed by atoms with van der Waals surface area (Å²) in [5.74, 6) is -0.192. The van der Waals surface area contributed by atoms with E-state index in [9.17, 15) is 4.79 Å². The van der Waals surface area contributed by atoms with Crippen molar-refractivity contribution in [2.75, 3.05) is 6.61 Å². The molecule has 0 N–H and O–H groups in total.